The van der Waals surface area contributed by atoms with Crippen LogP contribution < -0.4 is 0 Å². The normalized spacial score (nSPS) is 12.4. The molecule has 6 heteroatoms. The molecule has 0 saturated carbocycles. The molecular formula is C66H118O6. The lowest BCUT2D eigenvalue weighted by Crippen LogP contribution is -2.30. The molecule has 0 fully saturated rings. The van der Waals surface area contributed by atoms with E-state index in [0.717, 1.165) is 109 Å². The number of esters is 3. The van der Waals surface area contributed by atoms with Crippen LogP contribution in [0.15, 0.2) is 60.8 Å². The highest BCUT2D eigenvalue weighted by molar-refractivity contribution is 5.71. The van der Waals surface area contributed by atoms with Crippen LogP contribution in [0.1, 0.15) is 323 Å². The van der Waals surface area contributed by atoms with Gasteiger partial charge in [0.05, 0.1) is 0 Å². The first-order chi connectivity index (χ1) is 35.5. The Morgan fingerprint density at radius 2 is 0.542 bits per heavy atom. The summed E-state index contributed by atoms with van der Waals surface area (Å²) in [6.07, 6.45) is 77.0. The zero-order valence-electron chi connectivity index (χ0n) is 47.9. The molecule has 1 atom stereocenters. The summed E-state index contributed by atoms with van der Waals surface area (Å²) in [6, 6.07) is 0. The van der Waals surface area contributed by atoms with Crippen LogP contribution in [-0.2, 0) is 28.6 Å². The molecule has 0 bridgehead atoms. The quantitative estimate of drug-likeness (QED) is 0.0261. The van der Waals surface area contributed by atoms with Gasteiger partial charge in [-0.25, -0.2) is 0 Å². The number of rotatable bonds is 57. The van der Waals surface area contributed by atoms with Gasteiger partial charge in [-0.05, 0) is 64.2 Å². The Labute approximate surface area is 447 Å². The predicted molar refractivity (Wildman–Crippen MR) is 312 cm³/mol. The Morgan fingerprint density at radius 1 is 0.292 bits per heavy atom. The fourth-order valence-electron chi connectivity index (χ4n) is 9.12. The molecule has 72 heavy (non-hydrogen) atoms. The van der Waals surface area contributed by atoms with Crippen LogP contribution in [0.5, 0.6) is 0 Å². The molecule has 0 aliphatic heterocycles. The Hall–Kier alpha value is -2.89. The number of allylic oxidation sites excluding steroid dienone is 10. The molecule has 0 spiro atoms. The Bertz CT molecular complexity index is 1290. The van der Waals surface area contributed by atoms with Gasteiger partial charge in [0.15, 0.2) is 6.10 Å². The van der Waals surface area contributed by atoms with Crippen molar-refractivity contribution >= 4 is 17.9 Å². The summed E-state index contributed by atoms with van der Waals surface area (Å²) in [5.41, 5.74) is 0. The van der Waals surface area contributed by atoms with Gasteiger partial charge >= 0.3 is 17.9 Å². The Balaban J connectivity index is 4.07. The van der Waals surface area contributed by atoms with E-state index in [1.165, 1.54) is 173 Å². The minimum atomic E-state index is -0.780. The smallest absolute Gasteiger partial charge is 0.306 e. The van der Waals surface area contributed by atoms with Crippen molar-refractivity contribution in [2.75, 3.05) is 13.2 Å². The molecule has 0 saturated heterocycles. The molecule has 0 aromatic rings. The van der Waals surface area contributed by atoms with E-state index in [1.54, 1.807) is 0 Å². The highest BCUT2D eigenvalue weighted by atomic mass is 16.6. The summed E-state index contributed by atoms with van der Waals surface area (Å²) in [5.74, 6) is -0.894. The molecule has 0 aromatic heterocycles. The molecule has 418 valence electrons. The van der Waals surface area contributed by atoms with Crippen molar-refractivity contribution in [1.29, 1.82) is 0 Å². The van der Waals surface area contributed by atoms with Crippen LogP contribution in [0.3, 0.4) is 0 Å². The maximum atomic E-state index is 12.8. The van der Waals surface area contributed by atoms with Crippen molar-refractivity contribution in [2.24, 2.45) is 0 Å². The summed E-state index contributed by atoms with van der Waals surface area (Å²) >= 11 is 0. The van der Waals surface area contributed by atoms with E-state index >= 15 is 0 Å². The van der Waals surface area contributed by atoms with Crippen LogP contribution in [0, 0.1) is 0 Å². The maximum absolute atomic E-state index is 12.8. The molecule has 0 aliphatic carbocycles. The molecule has 0 aliphatic rings. The molecule has 6 nitrogen and oxygen atoms in total. The lowest BCUT2D eigenvalue weighted by molar-refractivity contribution is -0.167. The molecule has 0 rings (SSSR count). The summed E-state index contributed by atoms with van der Waals surface area (Å²) < 4.78 is 16.8. The SMILES string of the molecule is CC/C=C\C/C=C\C/C=C\C/C=C\C/C=C\CCCCCCCC(=O)OC(COC(=O)CCCCCCCC)COC(=O)CCCCCCCCCCCCCCCCCCCCCCCCCCCCC. The van der Waals surface area contributed by atoms with Crippen LogP contribution in [0.25, 0.3) is 0 Å². The third-order valence-electron chi connectivity index (χ3n) is 13.8. The monoisotopic (exact) mass is 1010 g/mol. The maximum Gasteiger partial charge on any atom is 0.306 e. The van der Waals surface area contributed by atoms with Crippen molar-refractivity contribution in [1.82, 2.24) is 0 Å². The van der Waals surface area contributed by atoms with Crippen LogP contribution in [-0.4, -0.2) is 37.2 Å². The summed E-state index contributed by atoms with van der Waals surface area (Å²) in [7, 11) is 0. The number of unbranched alkanes of at least 4 members (excludes halogenated alkanes) is 36. The standard InChI is InChI=1S/C66H118O6/c1-4-7-10-13-16-18-20-22-24-26-28-30-31-32-33-34-35-37-38-40-42-44-46-48-50-53-56-59-65(68)71-62-63(61-70-64(67)58-55-52-15-12-9-6-3)72-66(69)60-57-54-51-49-47-45-43-41-39-36-29-27-25-23-21-19-17-14-11-8-5-2/h8,11,17,19,23,25,29,36,41,43,63H,4-7,9-10,12-16,18,20-22,24,26-28,30-35,37-40,42,44-62H2,1-3H3/b11-8-,19-17-,25-23-,36-29-,43-41-. The van der Waals surface area contributed by atoms with Gasteiger partial charge in [-0.1, -0.05) is 300 Å². The van der Waals surface area contributed by atoms with Crippen LogP contribution in [0.4, 0.5) is 0 Å². The van der Waals surface area contributed by atoms with Crippen molar-refractivity contribution in [3.8, 4) is 0 Å². The largest absolute Gasteiger partial charge is 0.462 e. The predicted octanol–water partition coefficient (Wildman–Crippen LogP) is 21.2. The molecule has 0 N–H and O–H groups in total. The molecule has 0 amide bonds. The first-order valence-corrected chi connectivity index (χ1v) is 31.3. The van der Waals surface area contributed by atoms with E-state index in [-0.39, 0.29) is 31.1 Å². The zero-order valence-corrected chi connectivity index (χ0v) is 47.9. The highest BCUT2D eigenvalue weighted by Crippen LogP contribution is 2.17. The fourth-order valence-corrected chi connectivity index (χ4v) is 9.12. The van der Waals surface area contributed by atoms with Crippen molar-refractivity contribution in [3.63, 3.8) is 0 Å². The van der Waals surface area contributed by atoms with Gasteiger partial charge in [0.2, 0.25) is 0 Å². The van der Waals surface area contributed by atoms with Gasteiger partial charge in [-0.3, -0.25) is 14.4 Å². The number of hydrogen-bond acceptors (Lipinski definition) is 6. The minimum Gasteiger partial charge on any atom is -0.462 e. The van der Waals surface area contributed by atoms with Crippen molar-refractivity contribution < 1.29 is 28.6 Å². The van der Waals surface area contributed by atoms with E-state index in [4.69, 9.17) is 14.2 Å². The van der Waals surface area contributed by atoms with E-state index in [9.17, 15) is 14.4 Å². The average molecular weight is 1010 g/mol. The van der Waals surface area contributed by atoms with E-state index in [1.807, 2.05) is 0 Å². The molecule has 1 unspecified atom stereocenters. The van der Waals surface area contributed by atoms with E-state index in [2.05, 4.69) is 81.5 Å². The number of carbonyl (C=O) groups excluding carboxylic acids is 3. The molecule has 0 radical (unpaired) electrons. The van der Waals surface area contributed by atoms with E-state index in [0.29, 0.717) is 19.3 Å². The second kappa shape index (κ2) is 60.7. The van der Waals surface area contributed by atoms with Gasteiger partial charge in [0, 0.05) is 19.3 Å². The summed E-state index contributed by atoms with van der Waals surface area (Å²) in [6.45, 7) is 6.49. The number of ether oxygens (including phenoxy) is 3. The van der Waals surface area contributed by atoms with Crippen LogP contribution in [0.2, 0.25) is 0 Å². The topological polar surface area (TPSA) is 78.9 Å². The van der Waals surface area contributed by atoms with Gasteiger partial charge in [-0.2, -0.15) is 0 Å². The second-order valence-corrected chi connectivity index (χ2v) is 21.0. The molecular weight excluding hydrogens is 889 g/mol. The van der Waals surface area contributed by atoms with Crippen LogP contribution >= 0.6 is 0 Å². The third kappa shape index (κ3) is 58.0. The summed E-state index contributed by atoms with van der Waals surface area (Å²) in [4.78, 5) is 38.0. The van der Waals surface area contributed by atoms with Crippen molar-refractivity contribution in [3.05, 3.63) is 60.8 Å². The molecule has 0 aromatic carbocycles. The van der Waals surface area contributed by atoms with Gasteiger partial charge < -0.3 is 14.2 Å². The fraction of sp³-hybridized carbons (Fsp3) is 0.803. The highest BCUT2D eigenvalue weighted by Gasteiger charge is 2.19. The summed E-state index contributed by atoms with van der Waals surface area (Å²) in [5, 5.41) is 0. The van der Waals surface area contributed by atoms with Gasteiger partial charge in [-0.15, -0.1) is 0 Å². The van der Waals surface area contributed by atoms with Gasteiger partial charge in [0.1, 0.15) is 13.2 Å². The van der Waals surface area contributed by atoms with Gasteiger partial charge in [0.25, 0.3) is 0 Å². The second-order valence-electron chi connectivity index (χ2n) is 21.0. The number of carbonyl (C=O) groups is 3. The van der Waals surface area contributed by atoms with E-state index < -0.39 is 6.10 Å². The first-order valence-electron chi connectivity index (χ1n) is 31.3. The zero-order chi connectivity index (χ0) is 52.2. The van der Waals surface area contributed by atoms with Crippen molar-refractivity contribution in [2.45, 2.75) is 329 Å². The lowest BCUT2D eigenvalue weighted by atomic mass is 10.0. The Morgan fingerprint density at radius 3 is 0.847 bits per heavy atom. The average Bonchev–Trinajstić information content (AvgIpc) is 3.38. The minimum absolute atomic E-state index is 0.0792. The first kappa shape index (κ1) is 69.1. The number of hydrogen-bond donors (Lipinski definition) is 0. The Kier molecular flexibility index (Phi) is 58.2. The lowest BCUT2D eigenvalue weighted by Gasteiger charge is -2.18. The third-order valence-corrected chi connectivity index (χ3v) is 13.8. The molecule has 0 heterocycles.